The third-order valence-corrected chi connectivity index (χ3v) is 3.58. The highest BCUT2D eigenvalue weighted by Crippen LogP contribution is 2.22. The molecule has 1 aliphatic heterocycles. The number of amides is 1. The number of methoxy groups -OCH3 is 1. The van der Waals surface area contributed by atoms with Crippen LogP contribution in [0.4, 0.5) is 0 Å². The van der Waals surface area contributed by atoms with Crippen molar-refractivity contribution in [3.8, 4) is 17.2 Å². The van der Waals surface area contributed by atoms with Gasteiger partial charge in [-0.25, -0.2) is 0 Å². The number of carbonyl (C=O) groups excluding carboxylic acids is 1. The lowest BCUT2D eigenvalue weighted by Crippen LogP contribution is -2.45. The first kappa shape index (κ1) is 14.5. The van der Waals surface area contributed by atoms with Crippen LogP contribution >= 0.6 is 0 Å². The molecule has 2 N–H and O–H groups in total. The van der Waals surface area contributed by atoms with Crippen molar-refractivity contribution in [1.29, 1.82) is 0 Å². The second-order valence-corrected chi connectivity index (χ2v) is 5.17. The van der Waals surface area contributed by atoms with Crippen molar-refractivity contribution in [1.82, 2.24) is 20.8 Å². The number of rotatable bonds is 4. The topological polar surface area (TPSA) is 89.3 Å². The van der Waals surface area contributed by atoms with Gasteiger partial charge in [0.05, 0.1) is 7.11 Å². The molecule has 0 saturated carbocycles. The molecule has 1 aliphatic rings. The maximum atomic E-state index is 12.1. The van der Waals surface area contributed by atoms with Crippen LogP contribution in [0, 0.1) is 0 Å². The van der Waals surface area contributed by atoms with E-state index in [-0.39, 0.29) is 17.8 Å². The van der Waals surface area contributed by atoms with Gasteiger partial charge in [-0.1, -0.05) is 11.2 Å². The van der Waals surface area contributed by atoms with Gasteiger partial charge in [0.1, 0.15) is 5.75 Å². The molecular formula is C15H18N4O3. The highest BCUT2D eigenvalue weighted by molar-refractivity contribution is 5.90. The summed E-state index contributed by atoms with van der Waals surface area (Å²) in [5.41, 5.74) is 0.713. The zero-order valence-corrected chi connectivity index (χ0v) is 12.3. The molecule has 1 fully saturated rings. The Labute approximate surface area is 128 Å². The smallest absolute Gasteiger partial charge is 0.292 e. The standard InChI is InChI=1S/C15H18N4O3/c1-21-12-6-2-4-10(8-12)15-18-13(19-22-15)14(20)17-11-5-3-7-16-9-11/h2,4,6,8,11,16H,3,5,7,9H2,1H3,(H,17,20)/t11-/m0/s1. The molecule has 116 valence electrons. The molecule has 1 atom stereocenters. The molecule has 0 bridgehead atoms. The van der Waals surface area contributed by atoms with E-state index in [1.165, 1.54) is 0 Å². The summed E-state index contributed by atoms with van der Waals surface area (Å²) >= 11 is 0. The second kappa shape index (κ2) is 6.57. The molecule has 7 nitrogen and oxygen atoms in total. The summed E-state index contributed by atoms with van der Waals surface area (Å²) in [6.45, 7) is 1.76. The fraction of sp³-hybridized carbons (Fsp3) is 0.400. The summed E-state index contributed by atoms with van der Waals surface area (Å²) in [5.74, 6) is 0.718. The number of piperidine rings is 1. The summed E-state index contributed by atoms with van der Waals surface area (Å²) in [5, 5.41) is 9.91. The van der Waals surface area contributed by atoms with Gasteiger partial charge in [0.15, 0.2) is 0 Å². The number of carbonyl (C=O) groups is 1. The maximum Gasteiger partial charge on any atom is 0.292 e. The monoisotopic (exact) mass is 302 g/mol. The summed E-state index contributed by atoms with van der Waals surface area (Å²) in [6.07, 6.45) is 2.01. The van der Waals surface area contributed by atoms with Gasteiger partial charge in [0, 0.05) is 18.2 Å². The average molecular weight is 302 g/mol. The first-order valence-electron chi connectivity index (χ1n) is 7.26. The molecule has 0 unspecified atom stereocenters. The number of nitrogens with one attached hydrogen (secondary N) is 2. The van der Waals surface area contributed by atoms with Gasteiger partial charge in [-0.3, -0.25) is 4.79 Å². The Morgan fingerprint density at radius 3 is 3.18 bits per heavy atom. The van der Waals surface area contributed by atoms with Gasteiger partial charge >= 0.3 is 0 Å². The van der Waals surface area contributed by atoms with E-state index < -0.39 is 0 Å². The third-order valence-electron chi connectivity index (χ3n) is 3.58. The van der Waals surface area contributed by atoms with Crippen molar-refractivity contribution in [2.24, 2.45) is 0 Å². The van der Waals surface area contributed by atoms with E-state index >= 15 is 0 Å². The minimum Gasteiger partial charge on any atom is -0.497 e. The predicted molar refractivity (Wildman–Crippen MR) is 79.6 cm³/mol. The molecule has 1 saturated heterocycles. The van der Waals surface area contributed by atoms with Crippen molar-refractivity contribution in [3.63, 3.8) is 0 Å². The molecule has 22 heavy (non-hydrogen) atoms. The normalized spacial score (nSPS) is 18.0. The van der Waals surface area contributed by atoms with Crippen molar-refractivity contribution in [2.45, 2.75) is 18.9 Å². The van der Waals surface area contributed by atoms with Gasteiger partial charge in [-0.15, -0.1) is 0 Å². The average Bonchev–Trinajstić information content (AvgIpc) is 3.06. The fourth-order valence-corrected chi connectivity index (χ4v) is 2.41. The van der Waals surface area contributed by atoms with E-state index in [1.54, 1.807) is 13.2 Å². The number of nitrogens with zero attached hydrogens (tertiary/aromatic N) is 2. The summed E-state index contributed by atoms with van der Waals surface area (Å²) < 4.78 is 10.3. The second-order valence-electron chi connectivity index (χ2n) is 5.17. The Morgan fingerprint density at radius 1 is 1.50 bits per heavy atom. The SMILES string of the molecule is COc1cccc(-c2nc(C(=O)N[C@H]3CCCNC3)no2)c1. The van der Waals surface area contributed by atoms with Gasteiger partial charge in [-0.05, 0) is 37.6 Å². The zero-order chi connectivity index (χ0) is 15.4. The van der Waals surface area contributed by atoms with Crippen LogP contribution in [0.15, 0.2) is 28.8 Å². The minimum absolute atomic E-state index is 0.0448. The van der Waals surface area contributed by atoms with Crippen LogP contribution in [0.5, 0.6) is 5.75 Å². The molecule has 0 radical (unpaired) electrons. The van der Waals surface area contributed by atoms with E-state index in [4.69, 9.17) is 9.26 Å². The first-order valence-corrected chi connectivity index (χ1v) is 7.26. The highest BCUT2D eigenvalue weighted by atomic mass is 16.5. The molecule has 2 aromatic rings. The van der Waals surface area contributed by atoms with Crippen LogP contribution in [0.25, 0.3) is 11.5 Å². The largest absolute Gasteiger partial charge is 0.497 e. The third kappa shape index (κ3) is 3.25. The Morgan fingerprint density at radius 2 is 2.41 bits per heavy atom. The number of ether oxygens (including phenoxy) is 1. The highest BCUT2D eigenvalue weighted by Gasteiger charge is 2.20. The Hall–Kier alpha value is -2.41. The molecule has 1 aromatic heterocycles. The van der Waals surface area contributed by atoms with Gasteiger partial charge in [0.2, 0.25) is 0 Å². The molecule has 2 heterocycles. The van der Waals surface area contributed by atoms with Crippen molar-refractivity contribution >= 4 is 5.91 Å². The van der Waals surface area contributed by atoms with E-state index in [0.29, 0.717) is 17.2 Å². The quantitative estimate of drug-likeness (QED) is 0.883. The van der Waals surface area contributed by atoms with E-state index in [9.17, 15) is 4.79 Å². The predicted octanol–water partition coefficient (Wildman–Crippen LogP) is 1.23. The van der Waals surface area contributed by atoms with Crippen molar-refractivity contribution in [3.05, 3.63) is 30.1 Å². The summed E-state index contributed by atoms with van der Waals surface area (Å²) in [4.78, 5) is 16.3. The van der Waals surface area contributed by atoms with E-state index in [0.717, 1.165) is 25.9 Å². The first-order chi connectivity index (χ1) is 10.8. The van der Waals surface area contributed by atoms with Crippen LogP contribution in [-0.4, -0.2) is 42.3 Å². The number of benzene rings is 1. The molecule has 7 heteroatoms. The summed E-state index contributed by atoms with van der Waals surface area (Å²) in [6, 6.07) is 7.36. The lowest BCUT2D eigenvalue weighted by molar-refractivity contribution is 0.0917. The van der Waals surface area contributed by atoms with Gasteiger partial charge in [0.25, 0.3) is 17.6 Å². The van der Waals surface area contributed by atoms with Crippen LogP contribution in [-0.2, 0) is 0 Å². The number of hydrogen-bond acceptors (Lipinski definition) is 6. The number of aromatic nitrogens is 2. The maximum absolute atomic E-state index is 12.1. The Bertz CT molecular complexity index is 650. The van der Waals surface area contributed by atoms with Crippen molar-refractivity contribution in [2.75, 3.05) is 20.2 Å². The summed E-state index contributed by atoms with van der Waals surface area (Å²) in [7, 11) is 1.59. The fourth-order valence-electron chi connectivity index (χ4n) is 2.41. The van der Waals surface area contributed by atoms with Crippen LogP contribution in [0.2, 0.25) is 0 Å². The lowest BCUT2D eigenvalue weighted by atomic mass is 10.1. The van der Waals surface area contributed by atoms with Crippen LogP contribution < -0.4 is 15.4 Å². The van der Waals surface area contributed by atoms with E-state index in [1.807, 2.05) is 18.2 Å². The molecule has 1 amide bonds. The van der Waals surface area contributed by atoms with Crippen LogP contribution in [0.1, 0.15) is 23.5 Å². The van der Waals surface area contributed by atoms with Gasteiger partial charge in [-0.2, -0.15) is 4.98 Å². The Kier molecular flexibility index (Phi) is 4.34. The molecule has 0 aliphatic carbocycles. The van der Waals surface area contributed by atoms with E-state index in [2.05, 4.69) is 20.8 Å². The molecular weight excluding hydrogens is 284 g/mol. The van der Waals surface area contributed by atoms with Crippen molar-refractivity contribution < 1.29 is 14.1 Å². The minimum atomic E-state index is -0.313. The Balaban J connectivity index is 1.70. The zero-order valence-electron chi connectivity index (χ0n) is 12.3. The van der Waals surface area contributed by atoms with Gasteiger partial charge < -0.3 is 19.9 Å². The van der Waals surface area contributed by atoms with Crippen LogP contribution in [0.3, 0.4) is 0 Å². The number of hydrogen-bond donors (Lipinski definition) is 2. The molecule has 3 rings (SSSR count). The lowest BCUT2D eigenvalue weighted by Gasteiger charge is -2.22. The molecule has 1 aromatic carbocycles. The molecule has 0 spiro atoms.